The highest BCUT2D eigenvalue weighted by atomic mass is 32.2. The Labute approximate surface area is 89.6 Å². The van der Waals surface area contributed by atoms with E-state index in [1.54, 1.807) is 0 Å². The second kappa shape index (κ2) is 4.52. The molecule has 1 atom stereocenters. The Kier molecular flexibility index (Phi) is 3.32. The van der Waals surface area contributed by atoms with Crippen molar-refractivity contribution >= 4 is 12.0 Å². The van der Waals surface area contributed by atoms with Gasteiger partial charge in [-0.25, -0.2) is 0 Å². The lowest BCUT2D eigenvalue weighted by atomic mass is 10.0. The van der Waals surface area contributed by atoms with Crippen LogP contribution >= 0.6 is 12.0 Å². The summed E-state index contributed by atoms with van der Waals surface area (Å²) in [6.45, 7) is 2.04. The van der Waals surface area contributed by atoms with Gasteiger partial charge < -0.3 is 0 Å². The van der Waals surface area contributed by atoms with Crippen molar-refractivity contribution in [1.29, 1.82) is 5.26 Å². The molecule has 0 amide bonds. The zero-order valence-electron chi connectivity index (χ0n) is 8.37. The van der Waals surface area contributed by atoms with Crippen LogP contribution in [0.3, 0.4) is 0 Å². The van der Waals surface area contributed by atoms with Gasteiger partial charge in [-0.1, -0.05) is 6.42 Å². The highest BCUT2D eigenvalue weighted by Crippen LogP contribution is 2.34. The first kappa shape index (κ1) is 10.3. The van der Waals surface area contributed by atoms with Crippen LogP contribution in [0.2, 0.25) is 0 Å². The van der Waals surface area contributed by atoms with Crippen molar-refractivity contribution < 1.29 is 4.18 Å². The first-order chi connectivity index (χ1) is 6.87. The lowest BCUT2D eigenvalue weighted by molar-refractivity contribution is -0.0470. The molecule has 0 N–H and O–H groups in total. The maximum absolute atomic E-state index is 9.26. The van der Waals surface area contributed by atoms with Gasteiger partial charge in [-0.2, -0.15) is 5.26 Å². The summed E-state index contributed by atoms with van der Waals surface area (Å²) in [7, 11) is 0. The third kappa shape index (κ3) is 1.90. The average Bonchev–Trinajstić information content (AvgIpc) is 2.31. The van der Waals surface area contributed by atoms with Crippen LogP contribution < -0.4 is 0 Å². The highest BCUT2D eigenvalue weighted by molar-refractivity contribution is 7.94. The van der Waals surface area contributed by atoms with Gasteiger partial charge in [-0.05, 0) is 31.3 Å². The molecular formula is C10H16N2OS. The van der Waals surface area contributed by atoms with E-state index in [1.807, 2.05) is 0 Å². The van der Waals surface area contributed by atoms with Gasteiger partial charge in [-0.15, -0.1) is 0 Å². The summed E-state index contributed by atoms with van der Waals surface area (Å²) >= 11 is 1.46. The third-order valence-electron chi connectivity index (χ3n) is 2.98. The molecule has 0 aromatic rings. The van der Waals surface area contributed by atoms with Crippen LogP contribution in [-0.4, -0.2) is 29.5 Å². The van der Waals surface area contributed by atoms with Crippen molar-refractivity contribution in [2.45, 2.75) is 37.8 Å². The maximum atomic E-state index is 9.26. The summed E-state index contributed by atoms with van der Waals surface area (Å²) in [6, 6.07) is 2.37. The van der Waals surface area contributed by atoms with Gasteiger partial charge in [0, 0.05) is 25.3 Å². The minimum Gasteiger partial charge on any atom is -0.278 e. The molecule has 2 fully saturated rings. The van der Waals surface area contributed by atoms with Gasteiger partial charge in [-0.3, -0.25) is 9.08 Å². The van der Waals surface area contributed by atoms with Crippen molar-refractivity contribution in [3.63, 3.8) is 0 Å². The molecule has 2 heterocycles. The molecule has 3 nitrogen and oxygen atoms in total. The topological polar surface area (TPSA) is 36.3 Å². The molecule has 0 aliphatic carbocycles. The molecule has 1 unspecified atom stereocenters. The van der Waals surface area contributed by atoms with Gasteiger partial charge in [0.15, 0.2) is 0 Å². The summed E-state index contributed by atoms with van der Waals surface area (Å²) in [6.07, 6.45) is 5.67. The van der Waals surface area contributed by atoms with Crippen LogP contribution in [0.25, 0.3) is 0 Å². The van der Waals surface area contributed by atoms with Gasteiger partial charge in [0.05, 0.1) is 0 Å². The van der Waals surface area contributed by atoms with Crippen LogP contribution in [0.4, 0.5) is 0 Å². The number of hydrogen-bond acceptors (Lipinski definition) is 4. The van der Waals surface area contributed by atoms with E-state index < -0.39 is 5.72 Å². The number of nitriles is 1. The SMILES string of the molecule is N#CC1(N2CCCCC2)CCCSO1. The third-order valence-corrected chi connectivity index (χ3v) is 3.83. The number of rotatable bonds is 1. The molecule has 0 spiro atoms. The lowest BCUT2D eigenvalue weighted by Gasteiger charge is -2.41. The Morgan fingerprint density at radius 1 is 1.21 bits per heavy atom. The van der Waals surface area contributed by atoms with Crippen molar-refractivity contribution in [1.82, 2.24) is 4.90 Å². The fraction of sp³-hybridized carbons (Fsp3) is 0.900. The van der Waals surface area contributed by atoms with Crippen molar-refractivity contribution in [2.75, 3.05) is 18.8 Å². The Hall–Kier alpha value is -0.240. The Bertz CT molecular complexity index is 227. The number of nitrogens with zero attached hydrogens (tertiary/aromatic N) is 2. The Morgan fingerprint density at radius 2 is 2.00 bits per heavy atom. The van der Waals surface area contributed by atoms with Crippen molar-refractivity contribution in [3.05, 3.63) is 0 Å². The predicted molar refractivity (Wildman–Crippen MR) is 56.5 cm³/mol. The number of piperidine rings is 1. The van der Waals surface area contributed by atoms with Gasteiger partial charge in [0.25, 0.3) is 0 Å². The van der Waals surface area contributed by atoms with E-state index in [1.165, 1.54) is 31.3 Å². The minimum atomic E-state index is -0.608. The summed E-state index contributed by atoms with van der Waals surface area (Å²) in [5, 5.41) is 9.26. The largest absolute Gasteiger partial charge is 0.278 e. The molecule has 0 aromatic heterocycles. The van der Waals surface area contributed by atoms with Crippen LogP contribution in [-0.2, 0) is 4.18 Å². The van der Waals surface area contributed by atoms with Crippen LogP contribution in [0.1, 0.15) is 32.1 Å². The first-order valence-electron chi connectivity index (χ1n) is 5.34. The quantitative estimate of drug-likeness (QED) is 0.624. The molecule has 78 valence electrons. The van der Waals surface area contributed by atoms with Crippen LogP contribution in [0.5, 0.6) is 0 Å². The normalized spacial score (nSPS) is 35.1. The zero-order valence-corrected chi connectivity index (χ0v) is 9.18. The smallest absolute Gasteiger partial charge is 0.222 e. The Morgan fingerprint density at radius 3 is 2.57 bits per heavy atom. The monoisotopic (exact) mass is 212 g/mol. The Balaban J connectivity index is 2.06. The van der Waals surface area contributed by atoms with Gasteiger partial charge >= 0.3 is 0 Å². The second-order valence-electron chi connectivity index (χ2n) is 3.95. The molecule has 0 radical (unpaired) electrons. The molecule has 0 bridgehead atoms. The summed E-state index contributed by atoms with van der Waals surface area (Å²) < 4.78 is 5.64. The van der Waals surface area contributed by atoms with E-state index in [0.29, 0.717) is 0 Å². The lowest BCUT2D eigenvalue weighted by Crippen LogP contribution is -2.52. The average molecular weight is 212 g/mol. The highest BCUT2D eigenvalue weighted by Gasteiger charge is 2.40. The van der Waals surface area contributed by atoms with E-state index in [0.717, 1.165) is 31.7 Å². The van der Waals surface area contributed by atoms with Crippen LogP contribution in [0, 0.1) is 11.3 Å². The van der Waals surface area contributed by atoms with E-state index in [9.17, 15) is 5.26 Å². The van der Waals surface area contributed by atoms with Gasteiger partial charge in [0.2, 0.25) is 5.72 Å². The summed E-state index contributed by atoms with van der Waals surface area (Å²) in [4.78, 5) is 2.22. The summed E-state index contributed by atoms with van der Waals surface area (Å²) in [5.74, 6) is 1.03. The molecule has 0 aromatic carbocycles. The molecule has 2 saturated heterocycles. The van der Waals surface area contributed by atoms with E-state index in [2.05, 4.69) is 11.0 Å². The summed E-state index contributed by atoms with van der Waals surface area (Å²) in [5.41, 5.74) is -0.608. The maximum Gasteiger partial charge on any atom is 0.222 e. The molecule has 2 aliphatic rings. The minimum absolute atomic E-state index is 0.608. The fourth-order valence-corrected chi connectivity index (χ4v) is 2.93. The van der Waals surface area contributed by atoms with Crippen molar-refractivity contribution in [3.8, 4) is 6.07 Å². The number of likely N-dealkylation sites (tertiary alicyclic amines) is 1. The predicted octanol–water partition coefficient (Wildman–Crippen LogP) is 2.15. The van der Waals surface area contributed by atoms with E-state index in [4.69, 9.17) is 4.18 Å². The molecule has 2 rings (SSSR count). The van der Waals surface area contributed by atoms with Gasteiger partial charge in [0.1, 0.15) is 6.07 Å². The molecule has 4 heteroatoms. The van der Waals surface area contributed by atoms with E-state index >= 15 is 0 Å². The number of hydrogen-bond donors (Lipinski definition) is 0. The molecule has 2 aliphatic heterocycles. The second-order valence-corrected chi connectivity index (χ2v) is 4.76. The molecule has 14 heavy (non-hydrogen) atoms. The van der Waals surface area contributed by atoms with Crippen LogP contribution in [0.15, 0.2) is 0 Å². The molecule has 0 saturated carbocycles. The van der Waals surface area contributed by atoms with Crippen molar-refractivity contribution in [2.24, 2.45) is 0 Å². The standard InChI is InChI=1S/C10H16N2OS/c11-9-10(5-4-8-14-13-10)12-6-2-1-3-7-12/h1-8H2. The molecular weight excluding hydrogens is 196 g/mol. The zero-order chi connectivity index (χ0) is 9.86. The first-order valence-corrected chi connectivity index (χ1v) is 6.25. The fourth-order valence-electron chi connectivity index (χ4n) is 2.16. The van der Waals surface area contributed by atoms with E-state index in [-0.39, 0.29) is 0 Å².